The van der Waals surface area contributed by atoms with Crippen LogP contribution in [0.2, 0.25) is 0 Å². The molecule has 7 nitrogen and oxygen atoms in total. The quantitative estimate of drug-likeness (QED) is 0.825. The van der Waals surface area contributed by atoms with Crippen molar-refractivity contribution in [2.75, 3.05) is 40.0 Å². The van der Waals surface area contributed by atoms with Gasteiger partial charge >= 0.3 is 0 Å². The Hall–Kier alpha value is -1.60. The second-order valence-electron chi connectivity index (χ2n) is 6.64. The summed E-state index contributed by atoms with van der Waals surface area (Å²) in [5.74, 6) is 1.00. The maximum Gasteiger partial charge on any atom is 0.239 e. The van der Waals surface area contributed by atoms with Crippen LogP contribution in [0.15, 0.2) is 0 Å². The summed E-state index contributed by atoms with van der Waals surface area (Å²) in [6.07, 6.45) is 2.12. The highest BCUT2D eigenvalue weighted by Gasteiger charge is 2.38. The van der Waals surface area contributed by atoms with E-state index in [2.05, 4.69) is 10.00 Å². The van der Waals surface area contributed by atoms with Gasteiger partial charge in [-0.1, -0.05) is 0 Å². The SMILES string of the molecule is COc1c([C@@H]2CCCN2[C@H](C)C(=O)N2CCOCC2)c(C)nn1C. The van der Waals surface area contributed by atoms with Crippen LogP contribution in [0.5, 0.6) is 5.88 Å². The summed E-state index contributed by atoms with van der Waals surface area (Å²) in [5.41, 5.74) is 2.11. The smallest absolute Gasteiger partial charge is 0.239 e. The van der Waals surface area contributed by atoms with Crippen LogP contribution in [0.4, 0.5) is 0 Å². The zero-order chi connectivity index (χ0) is 17.3. The molecule has 1 aromatic rings. The second kappa shape index (κ2) is 7.11. The number of carbonyl (C=O) groups excluding carboxylic acids is 1. The normalized spacial score (nSPS) is 23.5. The molecule has 0 bridgehead atoms. The Kier molecular flexibility index (Phi) is 5.10. The van der Waals surface area contributed by atoms with Crippen LogP contribution in [-0.2, 0) is 16.6 Å². The first kappa shape index (κ1) is 17.2. The molecule has 0 N–H and O–H groups in total. The van der Waals surface area contributed by atoms with Crippen molar-refractivity contribution in [3.8, 4) is 5.88 Å². The number of ether oxygens (including phenoxy) is 2. The maximum absolute atomic E-state index is 12.9. The molecule has 2 fully saturated rings. The van der Waals surface area contributed by atoms with Crippen molar-refractivity contribution in [3.05, 3.63) is 11.3 Å². The van der Waals surface area contributed by atoms with Gasteiger partial charge in [0.05, 0.1) is 37.6 Å². The lowest BCUT2D eigenvalue weighted by atomic mass is 10.0. The summed E-state index contributed by atoms with van der Waals surface area (Å²) in [7, 11) is 3.58. The van der Waals surface area contributed by atoms with E-state index in [1.807, 2.05) is 25.8 Å². The molecule has 24 heavy (non-hydrogen) atoms. The van der Waals surface area contributed by atoms with Crippen molar-refractivity contribution in [1.82, 2.24) is 19.6 Å². The molecule has 134 valence electrons. The Bertz CT molecular complexity index is 595. The predicted molar refractivity (Wildman–Crippen MR) is 90.0 cm³/mol. The molecule has 3 heterocycles. The lowest BCUT2D eigenvalue weighted by Gasteiger charge is -2.35. The highest BCUT2D eigenvalue weighted by molar-refractivity contribution is 5.81. The standard InChI is InChI=1S/C17H28N4O3/c1-12-15(17(23-4)19(3)18-12)14-6-5-7-21(14)13(2)16(22)20-8-10-24-11-9-20/h13-14H,5-11H2,1-4H3/t13-,14+/m1/s1. The third-order valence-corrected chi connectivity index (χ3v) is 5.21. The molecule has 1 amide bonds. The van der Waals surface area contributed by atoms with Gasteiger partial charge in [0, 0.05) is 26.2 Å². The van der Waals surface area contributed by atoms with Gasteiger partial charge in [0.2, 0.25) is 11.8 Å². The summed E-state index contributed by atoms with van der Waals surface area (Å²) in [5, 5.41) is 4.51. The van der Waals surface area contributed by atoms with Crippen LogP contribution in [-0.4, -0.2) is 71.5 Å². The first-order chi connectivity index (χ1) is 11.5. The zero-order valence-corrected chi connectivity index (χ0v) is 15.1. The van der Waals surface area contributed by atoms with E-state index in [4.69, 9.17) is 9.47 Å². The van der Waals surface area contributed by atoms with Gasteiger partial charge in [-0.05, 0) is 33.2 Å². The van der Waals surface area contributed by atoms with Gasteiger partial charge in [0.1, 0.15) is 0 Å². The molecule has 7 heteroatoms. The lowest BCUT2D eigenvalue weighted by molar-refractivity contribution is -0.140. The molecule has 2 saturated heterocycles. The number of hydrogen-bond acceptors (Lipinski definition) is 5. The number of nitrogens with zero attached hydrogens (tertiary/aromatic N) is 4. The van der Waals surface area contributed by atoms with Gasteiger partial charge in [-0.25, -0.2) is 4.68 Å². The zero-order valence-electron chi connectivity index (χ0n) is 15.1. The van der Waals surface area contributed by atoms with E-state index >= 15 is 0 Å². The number of amides is 1. The number of hydrogen-bond donors (Lipinski definition) is 0. The molecule has 2 aliphatic rings. The molecule has 0 aromatic carbocycles. The largest absolute Gasteiger partial charge is 0.481 e. The van der Waals surface area contributed by atoms with E-state index in [-0.39, 0.29) is 18.0 Å². The van der Waals surface area contributed by atoms with E-state index in [0.717, 1.165) is 36.5 Å². The number of carbonyl (C=O) groups is 1. The van der Waals surface area contributed by atoms with Crippen molar-refractivity contribution in [2.24, 2.45) is 7.05 Å². The average Bonchev–Trinajstić information content (AvgIpc) is 3.17. The van der Waals surface area contributed by atoms with Crippen LogP contribution in [0, 0.1) is 6.92 Å². The van der Waals surface area contributed by atoms with Crippen molar-refractivity contribution in [3.63, 3.8) is 0 Å². The lowest BCUT2D eigenvalue weighted by Crippen LogP contribution is -2.50. The highest BCUT2D eigenvalue weighted by Crippen LogP contribution is 2.40. The monoisotopic (exact) mass is 336 g/mol. The van der Waals surface area contributed by atoms with Crippen LogP contribution < -0.4 is 4.74 Å². The number of morpholine rings is 1. The molecule has 0 radical (unpaired) electrons. The number of likely N-dealkylation sites (tertiary alicyclic amines) is 1. The van der Waals surface area contributed by atoms with Gasteiger partial charge in [-0.2, -0.15) is 5.10 Å². The summed E-state index contributed by atoms with van der Waals surface area (Å²) in [4.78, 5) is 17.1. The molecule has 1 aromatic heterocycles. The Labute approximate surface area is 143 Å². The van der Waals surface area contributed by atoms with Crippen LogP contribution in [0.1, 0.15) is 37.1 Å². The molecule has 0 unspecified atom stereocenters. The predicted octanol–water partition coefficient (Wildman–Crippen LogP) is 1.12. The summed E-state index contributed by atoms with van der Waals surface area (Å²) in [6, 6.07) is 0.0496. The molecule has 3 rings (SSSR count). The fourth-order valence-corrected chi connectivity index (χ4v) is 4.03. The summed E-state index contributed by atoms with van der Waals surface area (Å²) < 4.78 is 12.7. The molecule has 0 spiro atoms. The first-order valence-electron chi connectivity index (χ1n) is 8.74. The first-order valence-corrected chi connectivity index (χ1v) is 8.74. The van der Waals surface area contributed by atoms with Crippen LogP contribution in [0.25, 0.3) is 0 Å². The molecular formula is C17H28N4O3. The van der Waals surface area contributed by atoms with Crippen LogP contribution in [0.3, 0.4) is 0 Å². The van der Waals surface area contributed by atoms with Gasteiger partial charge in [0.15, 0.2) is 0 Å². The Morgan fingerprint density at radius 2 is 2.04 bits per heavy atom. The molecule has 0 aliphatic carbocycles. The number of aryl methyl sites for hydroxylation is 2. The minimum Gasteiger partial charge on any atom is -0.481 e. The molecular weight excluding hydrogens is 308 g/mol. The van der Waals surface area contributed by atoms with E-state index in [1.54, 1.807) is 11.8 Å². The van der Waals surface area contributed by atoms with E-state index in [1.165, 1.54) is 0 Å². The van der Waals surface area contributed by atoms with E-state index < -0.39 is 0 Å². The Balaban J connectivity index is 1.81. The Morgan fingerprint density at radius 3 is 2.71 bits per heavy atom. The minimum atomic E-state index is -0.139. The molecule has 2 atom stereocenters. The van der Waals surface area contributed by atoms with Crippen molar-refractivity contribution < 1.29 is 14.3 Å². The Morgan fingerprint density at radius 1 is 1.33 bits per heavy atom. The average molecular weight is 336 g/mol. The second-order valence-corrected chi connectivity index (χ2v) is 6.64. The molecule has 2 aliphatic heterocycles. The third-order valence-electron chi connectivity index (χ3n) is 5.21. The fourth-order valence-electron chi connectivity index (χ4n) is 4.03. The fraction of sp³-hybridized carbons (Fsp3) is 0.765. The van der Waals surface area contributed by atoms with Crippen molar-refractivity contribution in [2.45, 2.75) is 38.8 Å². The number of rotatable bonds is 4. The van der Waals surface area contributed by atoms with Gasteiger partial charge in [-0.15, -0.1) is 0 Å². The summed E-state index contributed by atoms with van der Waals surface area (Å²) >= 11 is 0. The van der Waals surface area contributed by atoms with Crippen LogP contribution >= 0.6 is 0 Å². The van der Waals surface area contributed by atoms with Gasteiger partial charge < -0.3 is 14.4 Å². The third kappa shape index (κ3) is 3.02. The van der Waals surface area contributed by atoms with Crippen molar-refractivity contribution >= 4 is 5.91 Å². The highest BCUT2D eigenvalue weighted by atomic mass is 16.5. The van der Waals surface area contributed by atoms with E-state index in [0.29, 0.717) is 26.3 Å². The van der Waals surface area contributed by atoms with Gasteiger partial charge in [0.25, 0.3) is 0 Å². The van der Waals surface area contributed by atoms with Crippen molar-refractivity contribution in [1.29, 1.82) is 0 Å². The maximum atomic E-state index is 12.9. The topological polar surface area (TPSA) is 59.8 Å². The number of aromatic nitrogens is 2. The van der Waals surface area contributed by atoms with E-state index in [9.17, 15) is 4.79 Å². The van der Waals surface area contributed by atoms with Gasteiger partial charge in [-0.3, -0.25) is 9.69 Å². The number of methoxy groups -OCH3 is 1. The summed E-state index contributed by atoms with van der Waals surface area (Å²) in [6.45, 7) is 7.62. The minimum absolute atomic E-state index is 0.139. The molecule has 0 saturated carbocycles.